The van der Waals surface area contributed by atoms with E-state index in [1.54, 1.807) is 24.3 Å². The lowest BCUT2D eigenvalue weighted by atomic mass is 10.1. The van der Waals surface area contributed by atoms with E-state index in [1.807, 2.05) is 13.8 Å². The smallest absolute Gasteiger partial charge is 0.325 e. The second-order valence-corrected chi connectivity index (χ2v) is 6.36. The summed E-state index contributed by atoms with van der Waals surface area (Å²) in [7, 11) is 2.90. The molecule has 0 radical (unpaired) electrons. The Kier molecular flexibility index (Phi) is 9.34. The lowest BCUT2D eigenvalue weighted by Crippen LogP contribution is -2.31. The molecule has 0 unspecified atom stereocenters. The minimum Gasteiger partial charge on any atom is -0.497 e. The van der Waals surface area contributed by atoms with Crippen molar-refractivity contribution in [1.29, 1.82) is 0 Å². The first-order valence-corrected chi connectivity index (χ1v) is 10.0. The summed E-state index contributed by atoms with van der Waals surface area (Å²) >= 11 is 0. The lowest BCUT2D eigenvalue weighted by molar-refractivity contribution is -0.141. The van der Waals surface area contributed by atoms with Gasteiger partial charge in [0.05, 0.1) is 33.0 Å². The molecule has 9 nitrogen and oxygen atoms in total. The summed E-state index contributed by atoms with van der Waals surface area (Å²) in [4.78, 5) is 36.8. The third-order valence-electron chi connectivity index (χ3n) is 4.27. The zero-order chi connectivity index (χ0) is 23.5. The molecule has 0 fully saturated rings. The van der Waals surface area contributed by atoms with E-state index in [0.29, 0.717) is 41.8 Å². The SMILES string of the molecule is CCOc1ccc(C(=O)NCC(=O)OCC(=O)c2cc(OC)ccc2OC)cc1OCC. The summed E-state index contributed by atoms with van der Waals surface area (Å²) < 4.78 is 26.2. The molecule has 2 rings (SSSR count). The highest BCUT2D eigenvalue weighted by Gasteiger charge is 2.17. The number of esters is 1. The summed E-state index contributed by atoms with van der Waals surface area (Å²) in [6.07, 6.45) is 0. The van der Waals surface area contributed by atoms with E-state index >= 15 is 0 Å². The minimum atomic E-state index is -0.760. The molecule has 0 aromatic heterocycles. The van der Waals surface area contributed by atoms with Gasteiger partial charge in [0.1, 0.15) is 18.0 Å². The third kappa shape index (κ3) is 6.63. The normalized spacial score (nSPS) is 10.1. The van der Waals surface area contributed by atoms with Crippen LogP contribution < -0.4 is 24.3 Å². The Bertz CT molecular complexity index is 957. The number of nitrogens with one attached hydrogen (secondary N) is 1. The average Bonchev–Trinajstić information content (AvgIpc) is 2.81. The summed E-state index contributed by atoms with van der Waals surface area (Å²) in [6, 6.07) is 9.46. The molecular formula is C23H27NO8. The van der Waals surface area contributed by atoms with Gasteiger partial charge in [0.2, 0.25) is 5.78 Å². The molecule has 0 heterocycles. The van der Waals surface area contributed by atoms with Gasteiger partial charge < -0.3 is 29.0 Å². The number of benzene rings is 2. The quantitative estimate of drug-likeness (QED) is 0.392. The summed E-state index contributed by atoms with van der Waals surface area (Å²) in [6.45, 7) is 3.62. The van der Waals surface area contributed by atoms with Gasteiger partial charge in [-0.15, -0.1) is 0 Å². The number of amides is 1. The fourth-order valence-corrected chi connectivity index (χ4v) is 2.75. The highest BCUT2D eigenvalue weighted by Crippen LogP contribution is 2.28. The van der Waals surface area contributed by atoms with E-state index in [2.05, 4.69) is 5.32 Å². The Morgan fingerprint density at radius 2 is 1.53 bits per heavy atom. The number of methoxy groups -OCH3 is 2. The Hall–Kier alpha value is -3.75. The molecule has 0 atom stereocenters. The largest absolute Gasteiger partial charge is 0.497 e. The second-order valence-electron chi connectivity index (χ2n) is 6.36. The fraction of sp³-hybridized carbons (Fsp3) is 0.348. The minimum absolute atomic E-state index is 0.224. The zero-order valence-corrected chi connectivity index (χ0v) is 18.6. The van der Waals surface area contributed by atoms with Crippen molar-refractivity contribution in [3.8, 4) is 23.0 Å². The topological polar surface area (TPSA) is 109 Å². The predicted molar refractivity (Wildman–Crippen MR) is 116 cm³/mol. The van der Waals surface area contributed by atoms with E-state index in [1.165, 1.54) is 26.4 Å². The molecule has 2 aromatic rings. The van der Waals surface area contributed by atoms with Crippen LogP contribution in [0, 0.1) is 0 Å². The number of hydrogen-bond acceptors (Lipinski definition) is 8. The van der Waals surface area contributed by atoms with E-state index in [-0.39, 0.29) is 5.56 Å². The number of ketones is 1. The van der Waals surface area contributed by atoms with Crippen molar-refractivity contribution in [2.24, 2.45) is 0 Å². The number of Topliss-reactive ketones (excluding diaryl/α,β-unsaturated/α-hetero) is 1. The number of rotatable bonds is 12. The molecule has 0 spiro atoms. The molecule has 0 aliphatic heterocycles. The molecule has 1 N–H and O–H groups in total. The summed E-state index contributed by atoms with van der Waals surface area (Å²) in [5.74, 6) is 0.0408. The van der Waals surface area contributed by atoms with Crippen molar-refractivity contribution in [3.63, 3.8) is 0 Å². The van der Waals surface area contributed by atoms with Crippen LogP contribution in [0.3, 0.4) is 0 Å². The summed E-state index contributed by atoms with van der Waals surface area (Å²) in [5.41, 5.74) is 0.517. The van der Waals surface area contributed by atoms with Crippen molar-refractivity contribution in [1.82, 2.24) is 5.32 Å². The maximum Gasteiger partial charge on any atom is 0.325 e. The fourth-order valence-electron chi connectivity index (χ4n) is 2.75. The van der Waals surface area contributed by atoms with Crippen LogP contribution in [0.15, 0.2) is 36.4 Å². The molecule has 0 bridgehead atoms. The molecule has 2 aromatic carbocycles. The number of carbonyl (C=O) groups is 3. The molecule has 0 aliphatic carbocycles. The van der Waals surface area contributed by atoms with Crippen LogP contribution in [0.2, 0.25) is 0 Å². The van der Waals surface area contributed by atoms with Crippen LogP contribution in [-0.4, -0.2) is 58.2 Å². The highest BCUT2D eigenvalue weighted by molar-refractivity contribution is 6.01. The third-order valence-corrected chi connectivity index (χ3v) is 4.27. The molecule has 0 saturated carbocycles. The van der Waals surface area contributed by atoms with Crippen molar-refractivity contribution in [2.45, 2.75) is 13.8 Å². The number of ether oxygens (including phenoxy) is 5. The second kappa shape index (κ2) is 12.2. The van der Waals surface area contributed by atoms with Gasteiger partial charge in [-0.3, -0.25) is 14.4 Å². The van der Waals surface area contributed by atoms with Crippen LogP contribution in [0.5, 0.6) is 23.0 Å². The zero-order valence-electron chi connectivity index (χ0n) is 18.6. The van der Waals surface area contributed by atoms with Crippen LogP contribution in [0.1, 0.15) is 34.6 Å². The van der Waals surface area contributed by atoms with Crippen LogP contribution >= 0.6 is 0 Å². The van der Waals surface area contributed by atoms with E-state index in [0.717, 1.165) is 0 Å². The van der Waals surface area contributed by atoms with Gasteiger partial charge in [-0.1, -0.05) is 0 Å². The van der Waals surface area contributed by atoms with E-state index < -0.39 is 30.8 Å². The van der Waals surface area contributed by atoms with Crippen molar-refractivity contribution in [2.75, 3.05) is 40.6 Å². The van der Waals surface area contributed by atoms with Gasteiger partial charge >= 0.3 is 5.97 Å². The van der Waals surface area contributed by atoms with Crippen molar-refractivity contribution in [3.05, 3.63) is 47.5 Å². The molecule has 1 amide bonds. The monoisotopic (exact) mass is 445 g/mol. The molecular weight excluding hydrogens is 418 g/mol. The number of hydrogen-bond donors (Lipinski definition) is 1. The standard InChI is InChI=1S/C23H27NO8/c1-5-30-20-9-7-15(11-21(20)31-6-2)23(27)24-13-22(26)32-14-18(25)17-12-16(28-3)8-10-19(17)29-4/h7-12H,5-6,13-14H2,1-4H3,(H,24,27). The van der Waals surface area contributed by atoms with Crippen molar-refractivity contribution >= 4 is 17.7 Å². The Morgan fingerprint density at radius 3 is 2.19 bits per heavy atom. The van der Waals surface area contributed by atoms with E-state index in [4.69, 9.17) is 23.7 Å². The predicted octanol–water partition coefficient (Wildman–Crippen LogP) is 2.66. The molecule has 172 valence electrons. The summed E-state index contributed by atoms with van der Waals surface area (Å²) in [5, 5.41) is 2.46. The molecule has 32 heavy (non-hydrogen) atoms. The van der Waals surface area contributed by atoms with Gasteiger partial charge in [0.25, 0.3) is 5.91 Å². The Morgan fingerprint density at radius 1 is 0.844 bits per heavy atom. The molecule has 0 aliphatic rings. The Labute approximate surface area is 186 Å². The molecule has 9 heteroatoms. The maximum absolute atomic E-state index is 12.4. The van der Waals surface area contributed by atoms with Gasteiger partial charge in [0, 0.05) is 5.56 Å². The van der Waals surface area contributed by atoms with Gasteiger partial charge in [-0.2, -0.15) is 0 Å². The molecule has 0 saturated heterocycles. The highest BCUT2D eigenvalue weighted by atomic mass is 16.5. The first-order chi connectivity index (χ1) is 15.4. The average molecular weight is 445 g/mol. The van der Waals surface area contributed by atoms with Crippen LogP contribution in [-0.2, 0) is 9.53 Å². The van der Waals surface area contributed by atoms with Gasteiger partial charge in [0.15, 0.2) is 18.1 Å². The lowest BCUT2D eigenvalue weighted by Gasteiger charge is -2.12. The van der Waals surface area contributed by atoms with E-state index in [9.17, 15) is 14.4 Å². The number of carbonyl (C=O) groups excluding carboxylic acids is 3. The first-order valence-electron chi connectivity index (χ1n) is 10.0. The van der Waals surface area contributed by atoms with Gasteiger partial charge in [-0.25, -0.2) is 0 Å². The first kappa shape index (κ1) is 24.5. The van der Waals surface area contributed by atoms with Gasteiger partial charge in [-0.05, 0) is 50.2 Å². The van der Waals surface area contributed by atoms with Crippen molar-refractivity contribution < 1.29 is 38.1 Å². The maximum atomic E-state index is 12.4. The Balaban J connectivity index is 1.92. The van der Waals surface area contributed by atoms with Crippen LogP contribution in [0.4, 0.5) is 0 Å². The van der Waals surface area contributed by atoms with Crippen LogP contribution in [0.25, 0.3) is 0 Å².